The van der Waals surface area contributed by atoms with Gasteiger partial charge in [0.2, 0.25) is 0 Å². The molecular weight excluding hydrogens is 257 g/mol. The molecule has 2 rings (SSSR count). The van der Waals surface area contributed by atoms with E-state index in [1.165, 1.54) is 0 Å². The molecule has 0 spiro atoms. The molecule has 1 unspecified atom stereocenters. The maximum Gasteiger partial charge on any atom is 0.500 e. The summed E-state index contributed by atoms with van der Waals surface area (Å²) >= 11 is 0. The zero-order valence-corrected chi connectivity index (χ0v) is 12.7. The normalized spacial score (nSPS) is 22.0. The Morgan fingerprint density at radius 2 is 1.80 bits per heavy atom. The first-order valence-corrected chi connectivity index (χ1v) is 6.87. The summed E-state index contributed by atoms with van der Waals surface area (Å²) in [6.07, 6.45) is 2.97. The van der Waals surface area contributed by atoms with Crippen molar-refractivity contribution in [1.29, 1.82) is 0 Å². The van der Waals surface area contributed by atoms with E-state index in [9.17, 15) is 9.90 Å². The van der Waals surface area contributed by atoms with Gasteiger partial charge in [-0.05, 0) is 34.6 Å². The molecule has 1 saturated heterocycles. The summed E-state index contributed by atoms with van der Waals surface area (Å²) in [5.74, 6) is 0. The molecule has 6 heteroatoms. The van der Waals surface area contributed by atoms with Gasteiger partial charge in [0.15, 0.2) is 5.43 Å². The third-order valence-electron chi connectivity index (χ3n) is 4.07. The second-order valence-electron chi connectivity index (χ2n) is 6.41. The van der Waals surface area contributed by atoms with Crippen LogP contribution in [0.15, 0.2) is 17.2 Å². The van der Waals surface area contributed by atoms with E-state index in [2.05, 4.69) is 4.98 Å². The third-order valence-corrected chi connectivity index (χ3v) is 4.07. The number of hydrogen-bond acceptors (Lipinski definition) is 4. The van der Waals surface area contributed by atoms with Crippen LogP contribution < -0.4 is 10.9 Å². The Balaban J connectivity index is 2.34. The molecule has 0 radical (unpaired) electrons. The first kappa shape index (κ1) is 15.3. The quantitative estimate of drug-likeness (QED) is 0.795. The lowest BCUT2D eigenvalue weighted by Gasteiger charge is -2.32. The van der Waals surface area contributed by atoms with E-state index >= 15 is 0 Å². The number of aromatic nitrogens is 1. The Hall–Kier alpha value is -1.11. The molecule has 1 aliphatic heterocycles. The predicted octanol–water partition coefficient (Wildman–Crippen LogP) is 0.597. The average molecular weight is 279 g/mol. The van der Waals surface area contributed by atoms with Gasteiger partial charge in [0.1, 0.15) is 0 Å². The molecule has 0 amide bonds. The summed E-state index contributed by atoms with van der Waals surface area (Å²) in [6, 6.07) is 0. The zero-order chi connectivity index (χ0) is 15.1. The van der Waals surface area contributed by atoms with Crippen LogP contribution in [0.3, 0.4) is 0 Å². The van der Waals surface area contributed by atoms with Crippen LogP contribution in [0, 0.1) is 0 Å². The summed E-state index contributed by atoms with van der Waals surface area (Å²) in [6.45, 7) is 9.43. The van der Waals surface area contributed by atoms with Crippen molar-refractivity contribution in [3.8, 4) is 0 Å². The van der Waals surface area contributed by atoms with Crippen LogP contribution >= 0.6 is 0 Å². The number of rotatable bonds is 3. The molecule has 2 N–H and O–H groups in total. The minimum atomic E-state index is -0.683. The molecule has 20 heavy (non-hydrogen) atoms. The SMILES string of the molecule is CC(O)Cc1c[nH]cc(B2OC(C)(C)C(C)(C)O2)c1=O. The van der Waals surface area contributed by atoms with E-state index < -0.39 is 24.4 Å². The van der Waals surface area contributed by atoms with E-state index in [-0.39, 0.29) is 5.43 Å². The van der Waals surface area contributed by atoms with Crippen molar-refractivity contribution in [2.75, 3.05) is 0 Å². The Bertz CT molecular complexity index is 534. The molecule has 0 saturated carbocycles. The highest BCUT2D eigenvalue weighted by Crippen LogP contribution is 2.36. The standard InChI is InChI=1S/C14H22BNO4/c1-9(17)6-10-7-16-8-11(12(10)18)15-19-13(2,3)14(4,5)20-15/h7-9,17H,6H2,1-5H3,(H,16,18). The van der Waals surface area contributed by atoms with Gasteiger partial charge in [-0.1, -0.05) is 0 Å². The molecule has 1 aromatic heterocycles. The Labute approximate surface area is 119 Å². The highest BCUT2D eigenvalue weighted by molar-refractivity contribution is 6.61. The van der Waals surface area contributed by atoms with Gasteiger partial charge in [0.05, 0.1) is 17.3 Å². The molecule has 0 aliphatic carbocycles. The molecule has 1 atom stereocenters. The van der Waals surface area contributed by atoms with Gasteiger partial charge in [-0.15, -0.1) is 0 Å². The lowest BCUT2D eigenvalue weighted by Crippen LogP contribution is -2.45. The van der Waals surface area contributed by atoms with Crippen LogP contribution in [0.2, 0.25) is 0 Å². The number of hydrogen-bond donors (Lipinski definition) is 2. The van der Waals surface area contributed by atoms with Crippen molar-refractivity contribution in [2.24, 2.45) is 0 Å². The summed E-state index contributed by atoms with van der Waals surface area (Å²) < 4.78 is 11.8. The van der Waals surface area contributed by atoms with Crippen molar-refractivity contribution in [3.05, 3.63) is 28.2 Å². The van der Waals surface area contributed by atoms with E-state index in [4.69, 9.17) is 9.31 Å². The van der Waals surface area contributed by atoms with Gasteiger partial charge < -0.3 is 19.4 Å². The number of pyridine rings is 1. The van der Waals surface area contributed by atoms with Crippen molar-refractivity contribution in [1.82, 2.24) is 4.98 Å². The fourth-order valence-electron chi connectivity index (χ4n) is 2.16. The minimum absolute atomic E-state index is 0.136. The summed E-state index contributed by atoms with van der Waals surface area (Å²) in [4.78, 5) is 15.4. The molecule has 0 bridgehead atoms. The Morgan fingerprint density at radius 1 is 1.25 bits per heavy atom. The predicted molar refractivity (Wildman–Crippen MR) is 78.2 cm³/mol. The van der Waals surface area contributed by atoms with Crippen LogP contribution in [0.1, 0.15) is 40.2 Å². The van der Waals surface area contributed by atoms with Gasteiger partial charge in [-0.25, -0.2) is 0 Å². The monoisotopic (exact) mass is 279 g/mol. The number of nitrogens with one attached hydrogen (secondary N) is 1. The Kier molecular flexibility index (Phi) is 3.84. The molecule has 1 fully saturated rings. The zero-order valence-electron chi connectivity index (χ0n) is 12.7. The van der Waals surface area contributed by atoms with E-state index in [0.717, 1.165) is 0 Å². The largest absolute Gasteiger partial charge is 0.500 e. The lowest BCUT2D eigenvalue weighted by atomic mass is 9.79. The van der Waals surface area contributed by atoms with Crippen molar-refractivity contribution >= 4 is 12.6 Å². The number of aliphatic hydroxyl groups is 1. The van der Waals surface area contributed by atoms with Crippen LogP contribution in [0.5, 0.6) is 0 Å². The summed E-state index contributed by atoms with van der Waals surface area (Å²) in [5.41, 5.74) is -0.119. The van der Waals surface area contributed by atoms with Crippen LogP contribution in [-0.4, -0.2) is 34.5 Å². The lowest BCUT2D eigenvalue weighted by molar-refractivity contribution is 0.00578. The van der Waals surface area contributed by atoms with Gasteiger partial charge in [-0.2, -0.15) is 0 Å². The first-order chi connectivity index (χ1) is 9.14. The molecule has 5 nitrogen and oxygen atoms in total. The first-order valence-electron chi connectivity index (χ1n) is 6.87. The molecule has 0 aromatic carbocycles. The second kappa shape index (κ2) is 5.02. The fourth-order valence-corrected chi connectivity index (χ4v) is 2.16. The number of aliphatic hydroxyl groups excluding tert-OH is 1. The maximum absolute atomic E-state index is 12.4. The van der Waals surface area contributed by atoms with Gasteiger partial charge in [-0.3, -0.25) is 4.79 Å². The van der Waals surface area contributed by atoms with Crippen LogP contribution in [-0.2, 0) is 15.7 Å². The maximum atomic E-state index is 12.4. The summed E-state index contributed by atoms with van der Waals surface area (Å²) in [5, 5.41) is 9.44. The molecular formula is C14H22BNO4. The van der Waals surface area contributed by atoms with Crippen molar-refractivity contribution < 1.29 is 14.4 Å². The van der Waals surface area contributed by atoms with E-state index in [0.29, 0.717) is 17.4 Å². The second-order valence-corrected chi connectivity index (χ2v) is 6.41. The van der Waals surface area contributed by atoms with Crippen LogP contribution in [0.25, 0.3) is 0 Å². The smallest absolute Gasteiger partial charge is 0.399 e. The van der Waals surface area contributed by atoms with Gasteiger partial charge >= 0.3 is 7.12 Å². The molecule has 2 heterocycles. The van der Waals surface area contributed by atoms with Crippen molar-refractivity contribution in [2.45, 2.75) is 58.3 Å². The van der Waals surface area contributed by atoms with E-state index in [1.807, 2.05) is 27.7 Å². The molecule has 1 aliphatic rings. The topological polar surface area (TPSA) is 71.6 Å². The minimum Gasteiger partial charge on any atom is -0.399 e. The van der Waals surface area contributed by atoms with Crippen molar-refractivity contribution in [3.63, 3.8) is 0 Å². The third kappa shape index (κ3) is 2.68. The fraction of sp³-hybridized carbons (Fsp3) is 0.643. The number of aromatic amines is 1. The van der Waals surface area contributed by atoms with Gasteiger partial charge in [0, 0.05) is 29.8 Å². The van der Waals surface area contributed by atoms with Crippen LogP contribution in [0.4, 0.5) is 0 Å². The van der Waals surface area contributed by atoms with Gasteiger partial charge in [0.25, 0.3) is 0 Å². The van der Waals surface area contributed by atoms with E-state index in [1.54, 1.807) is 19.3 Å². The molecule has 1 aromatic rings. The number of H-pyrrole nitrogens is 1. The molecule has 110 valence electrons. The summed E-state index contributed by atoms with van der Waals surface area (Å²) in [7, 11) is -0.683. The average Bonchev–Trinajstić information content (AvgIpc) is 2.50. The Morgan fingerprint density at radius 3 is 2.30 bits per heavy atom. The highest BCUT2D eigenvalue weighted by Gasteiger charge is 2.52. The highest BCUT2D eigenvalue weighted by atomic mass is 16.7.